The molecule has 1 unspecified atom stereocenters. The maximum absolute atomic E-state index is 13.0. The van der Waals surface area contributed by atoms with Crippen LogP contribution in [0.1, 0.15) is 32.7 Å². The largest absolute Gasteiger partial charge is 0.467 e. The van der Waals surface area contributed by atoms with Crippen molar-refractivity contribution in [1.29, 1.82) is 0 Å². The second-order valence-corrected chi connectivity index (χ2v) is 6.96. The van der Waals surface area contributed by atoms with Gasteiger partial charge in [0.1, 0.15) is 0 Å². The molecule has 2 aromatic carbocycles. The molecule has 1 atom stereocenters. The van der Waals surface area contributed by atoms with E-state index in [1.54, 1.807) is 24.3 Å². The fourth-order valence-electron chi connectivity index (χ4n) is 4.06. The molecule has 2 aliphatic rings. The summed E-state index contributed by atoms with van der Waals surface area (Å²) in [7, 11) is 1.29. The van der Waals surface area contributed by atoms with Crippen LogP contribution in [0.3, 0.4) is 0 Å². The number of benzene rings is 2. The number of carbonyl (C=O) groups excluding carboxylic acids is 3. The van der Waals surface area contributed by atoms with E-state index < -0.39 is 23.3 Å². The summed E-state index contributed by atoms with van der Waals surface area (Å²) in [6.45, 7) is 1.50. The summed E-state index contributed by atoms with van der Waals surface area (Å²) in [4.78, 5) is 41.9. The number of nitrogens with zero attached hydrogens (tertiary/aromatic N) is 2. The van der Waals surface area contributed by atoms with Crippen molar-refractivity contribution in [3.05, 3.63) is 71.3 Å². The van der Waals surface area contributed by atoms with Crippen molar-refractivity contribution in [2.75, 3.05) is 20.2 Å². The number of amides is 2. The zero-order valence-electron chi connectivity index (χ0n) is 15.1. The van der Waals surface area contributed by atoms with Gasteiger partial charge in [-0.1, -0.05) is 42.5 Å². The van der Waals surface area contributed by atoms with Crippen LogP contribution in [0.25, 0.3) is 0 Å². The van der Waals surface area contributed by atoms with Crippen LogP contribution in [0.2, 0.25) is 0 Å². The van der Waals surface area contributed by atoms with Crippen molar-refractivity contribution in [2.24, 2.45) is 0 Å². The number of esters is 1. The van der Waals surface area contributed by atoms with E-state index in [1.165, 1.54) is 7.11 Å². The summed E-state index contributed by atoms with van der Waals surface area (Å²) in [6.07, 6.45) is 0.359. The number of carbonyl (C=O) groups is 3. The minimum absolute atomic E-state index is 0.264. The SMILES string of the molecule is COC(=O)C1(N2C(=O)c3ccccc3C2=O)CCN(Cc2ccccc2)C1. The molecule has 2 aliphatic heterocycles. The molecule has 1 saturated heterocycles. The molecule has 0 N–H and O–H groups in total. The Bertz CT molecular complexity index is 876. The summed E-state index contributed by atoms with van der Waals surface area (Å²) in [5.74, 6) is -1.40. The molecule has 27 heavy (non-hydrogen) atoms. The van der Waals surface area contributed by atoms with E-state index in [9.17, 15) is 14.4 Å². The molecule has 0 saturated carbocycles. The van der Waals surface area contributed by atoms with Crippen molar-refractivity contribution in [1.82, 2.24) is 9.80 Å². The number of hydrogen-bond donors (Lipinski definition) is 0. The third kappa shape index (κ3) is 2.73. The van der Waals surface area contributed by atoms with Gasteiger partial charge in [-0.25, -0.2) is 4.79 Å². The topological polar surface area (TPSA) is 66.9 Å². The summed E-state index contributed by atoms with van der Waals surface area (Å²) in [5, 5.41) is 0. The Balaban J connectivity index is 1.66. The highest BCUT2D eigenvalue weighted by molar-refractivity contribution is 6.23. The summed E-state index contributed by atoms with van der Waals surface area (Å²) < 4.78 is 5.03. The van der Waals surface area contributed by atoms with Gasteiger partial charge in [0.25, 0.3) is 11.8 Å². The lowest BCUT2D eigenvalue weighted by atomic mass is 9.96. The van der Waals surface area contributed by atoms with Crippen LogP contribution < -0.4 is 0 Å². The fraction of sp³-hybridized carbons (Fsp3) is 0.286. The van der Waals surface area contributed by atoms with Crippen molar-refractivity contribution in [3.63, 3.8) is 0 Å². The number of imide groups is 1. The first-order valence-corrected chi connectivity index (χ1v) is 8.89. The highest BCUT2D eigenvalue weighted by atomic mass is 16.5. The minimum Gasteiger partial charge on any atom is -0.467 e. The molecule has 1 fully saturated rings. The molecule has 2 amide bonds. The van der Waals surface area contributed by atoms with Gasteiger partial charge in [-0.15, -0.1) is 0 Å². The predicted molar refractivity (Wildman–Crippen MR) is 98.0 cm³/mol. The van der Waals surface area contributed by atoms with E-state index in [4.69, 9.17) is 4.74 Å². The van der Waals surface area contributed by atoms with Crippen LogP contribution in [0, 0.1) is 0 Å². The van der Waals surface area contributed by atoms with Gasteiger partial charge in [0.2, 0.25) is 0 Å². The standard InChI is InChI=1S/C21H20N2O4/c1-27-20(26)21(11-12-22(14-21)13-15-7-3-2-4-8-15)23-18(24)16-9-5-6-10-17(16)19(23)25/h2-10H,11-14H2,1H3. The van der Waals surface area contributed by atoms with Gasteiger partial charge in [0.15, 0.2) is 5.54 Å². The molecule has 4 rings (SSSR count). The Kier molecular flexibility index (Phi) is 4.28. The Hall–Kier alpha value is -2.99. The van der Waals surface area contributed by atoms with Gasteiger partial charge in [-0.05, 0) is 24.1 Å². The average molecular weight is 364 g/mol. The van der Waals surface area contributed by atoms with Crippen LogP contribution in [-0.4, -0.2) is 53.3 Å². The van der Waals surface area contributed by atoms with Gasteiger partial charge in [0, 0.05) is 19.6 Å². The summed E-state index contributed by atoms with van der Waals surface area (Å²) >= 11 is 0. The second-order valence-electron chi connectivity index (χ2n) is 6.96. The van der Waals surface area contributed by atoms with Crippen LogP contribution >= 0.6 is 0 Å². The Morgan fingerprint density at radius 2 is 1.59 bits per heavy atom. The van der Waals surface area contributed by atoms with Crippen LogP contribution in [0.15, 0.2) is 54.6 Å². The highest BCUT2D eigenvalue weighted by Gasteiger charge is 2.57. The van der Waals surface area contributed by atoms with Crippen molar-refractivity contribution in [2.45, 2.75) is 18.5 Å². The lowest BCUT2D eigenvalue weighted by Gasteiger charge is -2.34. The first kappa shape index (κ1) is 17.4. The Morgan fingerprint density at radius 3 is 2.19 bits per heavy atom. The van der Waals surface area contributed by atoms with E-state index in [0.717, 1.165) is 10.5 Å². The quantitative estimate of drug-likeness (QED) is 0.614. The summed E-state index contributed by atoms with van der Waals surface area (Å²) in [6, 6.07) is 16.6. The molecule has 6 heteroatoms. The van der Waals surface area contributed by atoms with Gasteiger partial charge in [-0.2, -0.15) is 0 Å². The molecule has 0 aliphatic carbocycles. The first-order chi connectivity index (χ1) is 13.1. The smallest absolute Gasteiger partial charge is 0.333 e. The Labute approximate surface area is 157 Å². The van der Waals surface area contributed by atoms with E-state index in [1.807, 2.05) is 30.3 Å². The van der Waals surface area contributed by atoms with Gasteiger partial charge < -0.3 is 4.74 Å². The molecule has 0 spiro atoms. The molecule has 2 heterocycles. The minimum atomic E-state index is -1.29. The number of fused-ring (bicyclic) bond motifs is 1. The highest BCUT2D eigenvalue weighted by Crippen LogP contribution is 2.37. The average Bonchev–Trinajstić information content (AvgIpc) is 3.22. The zero-order chi connectivity index (χ0) is 19.0. The predicted octanol–water partition coefficient (Wildman–Crippen LogP) is 2.10. The maximum atomic E-state index is 13.0. The van der Waals surface area contributed by atoms with Crippen LogP contribution in [-0.2, 0) is 16.1 Å². The van der Waals surface area contributed by atoms with E-state index >= 15 is 0 Å². The van der Waals surface area contributed by atoms with Crippen molar-refractivity contribution < 1.29 is 19.1 Å². The molecule has 6 nitrogen and oxygen atoms in total. The van der Waals surface area contributed by atoms with Crippen LogP contribution in [0.4, 0.5) is 0 Å². The molecule has 0 radical (unpaired) electrons. The summed E-state index contributed by atoms with van der Waals surface area (Å²) in [5.41, 5.74) is 0.497. The van der Waals surface area contributed by atoms with E-state index in [0.29, 0.717) is 30.6 Å². The Morgan fingerprint density at radius 1 is 1.00 bits per heavy atom. The third-order valence-electron chi connectivity index (χ3n) is 5.36. The van der Waals surface area contributed by atoms with E-state index in [-0.39, 0.29) is 6.54 Å². The molecule has 0 bridgehead atoms. The van der Waals surface area contributed by atoms with E-state index in [2.05, 4.69) is 4.90 Å². The van der Waals surface area contributed by atoms with Crippen LogP contribution in [0.5, 0.6) is 0 Å². The number of rotatable bonds is 4. The van der Waals surface area contributed by atoms with Gasteiger partial charge >= 0.3 is 5.97 Å². The fourth-order valence-corrected chi connectivity index (χ4v) is 4.06. The number of hydrogen-bond acceptors (Lipinski definition) is 5. The first-order valence-electron chi connectivity index (χ1n) is 8.89. The maximum Gasteiger partial charge on any atom is 0.333 e. The normalized spacial score (nSPS) is 22.2. The molecule has 0 aromatic heterocycles. The second kappa shape index (κ2) is 6.63. The van der Waals surface area contributed by atoms with Crippen molar-refractivity contribution >= 4 is 17.8 Å². The number of likely N-dealkylation sites (tertiary alicyclic amines) is 1. The number of methoxy groups -OCH3 is 1. The zero-order valence-corrected chi connectivity index (χ0v) is 15.1. The van der Waals surface area contributed by atoms with Gasteiger partial charge in [-0.3, -0.25) is 19.4 Å². The molecule has 138 valence electrons. The molecule has 2 aromatic rings. The monoisotopic (exact) mass is 364 g/mol. The lowest BCUT2D eigenvalue weighted by Crippen LogP contribution is -2.59. The lowest BCUT2D eigenvalue weighted by molar-refractivity contribution is -0.151. The molecular formula is C21H20N2O4. The molecular weight excluding hydrogens is 344 g/mol. The third-order valence-corrected chi connectivity index (χ3v) is 5.36. The number of ether oxygens (including phenoxy) is 1. The van der Waals surface area contributed by atoms with Crippen molar-refractivity contribution in [3.8, 4) is 0 Å². The van der Waals surface area contributed by atoms with Gasteiger partial charge in [0.05, 0.1) is 18.2 Å².